The lowest BCUT2D eigenvalue weighted by molar-refractivity contribution is 0.350. The number of aryl methyl sites for hydroxylation is 1. The number of hydrogen-bond donors (Lipinski definition) is 2. The molecule has 2 nitrogen and oxygen atoms in total. The summed E-state index contributed by atoms with van der Waals surface area (Å²) in [5.41, 5.74) is 10.1. The summed E-state index contributed by atoms with van der Waals surface area (Å²) in [6, 6.07) is 16.6. The monoisotopic (exact) mass is 265 g/mol. The van der Waals surface area contributed by atoms with Crippen molar-refractivity contribution in [1.29, 1.82) is 0 Å². The molecule has 0 amide bonds. The smallest absolute Gasteiger partial charge is 0.104 e. The molecule has 102 valence electrons. The second-order valence-corrected chi connectivity index (χ2v) is 4.63. The van der Waals surface area contributed by atoms with Crippen LogP contribution in [0.5, 0.6) is 0 Å². The first-order valence-electron chi connectivity index (χ1n) is 6.82. The molecule has 0 bridgehead atoms. The molecule has 2 heteroatoms. The molecule has 0 saturated carbocycles. The van der Waals surface area contributed by atoms with Gasteiger partial charge in [0.25, 0.3) is 0 Å². The summed E-state index contributed by atoms with van der Waals surface area (Å²) >= 11 is 0. The van der Waals surface area contributed by atoms with Crippen LogP contribution in [-0.2, 0) is 6.42 Å². The van der Waals surface area contributed by atoms with E-state index in [0.29, 0.717) is 0 Å². The van der Waals surface area contributed by atoms with Gasteiger partial charge in [-0.25, -0.2) is 0 Å². The summed E-state index contributed by atoms with van der Waals surface area (Å²) in [5.74, 6) is 5.61. The molecule has 2 aromatic rings. The number of hydrogen-bond acceptors (Lipinski definition) is 2. The fourth-order valence-electron chi connectivity index (χ4n) is 2.13. The zero-order valence-corrected chi connectivity index (χ0v) is 11.5. The Morgan fingerprint density at radius 2 is 1.75 bits per heavy atom. The van der Waals surface area contributed by atoms with Crippen LogP contribution in [0.4, 0.5) is 0 Å². The van der Waals surface area contributed by atoms with Crippen LogP contribution < -0.4 is 5.73 Å². The topological polar surface area (TPSA) is 46.2 Å². The van der Waals surface area contributed by atoms with E-state index in [1.165, 1.54) is 11.1 Å². The van der Waals surface area contributed by atoms with Crippen molar-refractivity contribution in [1.82, 2.24) is 0 Å². The van der Waals surface area contributed by atoms with E-state index < -0.39 is 0 Å². The third kappa shape index (κ3) is 3.96. The quantitative estimate of drug-likeness (QED) is 0.835. The maximum absolute atomic E-state index is 8.75. The van der Waals surface area contributed by atoms with Gasteiger partial charge in [0.2, 0.25) is 0 Å². The first kappa shape index (κ1) is 14.3. The molecule has 3 N–H and O–H groups in total. The van der Waals surface area contributed by atoms with Gasteiger partial charge in [-0.3, -0.25) is 0 Å². The van der Waals surface area contributed by atoms with E-state index in [4.69, 9.17) is 10.8 Å². The minimum atomic E-state index is -0.112. The average molecular weight is 265 g/mol. The zero-order chi connectivity index (χ0) is 14.2. The molecule has 2 aromatic carbocycles. The molecule has 20 heavy (non-hydrogen) atoms. The van der Waals surface area contributed by atoms with Gasteiger partial charge in [-0.05, 0) is 48.2 Å². The Kier molecular flexibility index (Phi) is 5.37. The van der Waals surface area contributed by atoms with Crippen molar-refractivity contribution in [3.63, 3.8) is 0 Å². The third-order valence-corrected chi connectivity index (χ3v) is 3.10. The van der Waals surface area contributed by atoms with E-state index >= 15 is 0 Å². The molecule has 0 aliphatic rings. The van der Waals surface area contributed by atoms with E-state index in [-0.39, 0.29) is 6.61 Å². The summed E-state index contributed by atoms with van der Waals surface area (Å²) in [6.45, 7) is 0.606. The van der Waals surface area contributed by atoms with Gasteiger partial charge >= 0.3 is 0 Å². The standard InChI is InChI=1S/C18H19NO/c19-11-3-7-15-5-1-9-17(13-15)18-10-2-6-16(14-18)8-4-12-20/h1-2,5-6,9-10,13-14,20H,3,7,11-12,19H2. The van der Waals surface area contributed by atoms with Crippen molar-refractivity contribution in [3.8, 4) is 23.0 Å². The molecule has 0 atom stereocenters. The maximum Gasteiger partial charge on any atom is 0.104 e. The van der Waals surface area contributed by atoms with E-state index in [9.17, 15) is 0 Å². The summed E-state index contributed by atoms with van der Waals surface area (Å²) < 4.78 is 0. The molecular formula is C18H19NO. The van der Waals surface area contributed by atoms with Crippen LogP contribution in [0.3, 0.4) is 0 Å². The van der Waals surface area contributed by atoms with Crippen molar-refractivity contribution < 1.29 is 5.11 Å². The van der Waals surface area contributed by atoms with Gasteiger partial charge in [0.1, 0.15) is 6.61 Å². The van der Waals surface area contributed by atoms with Gasteiger partial charge in [-0.1, -0.05) is 48.2 Å². The molecule has 0 aliphatic heterocycles. The Morgan fingerprint density at radius 3 is 2.50 bits per heavy atom. The molecule has 0 aromatic heterocycles. The minimum absolute atomic E-state index is 0.112. The van der Waals surface area contributed by atoms with Gasteiger partial charge in [0.05, 0.1) is 0 Å². The van der Waals surface area contributed by atoms with Crippen molar-refractivity contribution in [3.05, 3.63) is 59.7 Å². The van der Waals surface area contributed by atoms with Crippen LogP contribution in [0, 0.1) is 11.8 Å². The van der Waals surface area contributed by atoms with Crippen LogP contribution in [0.25, 0.3) is 11.1 Å². The Hall–Kier alpha value is -2.08. The highest BCUT2D eigenvalue weighted by molar-refractivity contribution is 5.66. The van der Waals surface area contributed by atoms with Crippen LogP contribution >= 0.6 is 0 Å². The molecule has 0 fully saturated rings. The second-order valence-electron chi connectivity index (χ2n) is 4.63. The molecule has 2 rings (SSSR count). The van der Waals surface area contributed by atoms with Crippen molar-refractivity contribution >= 4 is 0 Å². The summed E-state index contributed by atoms with van der Waals surface area (Å²) in [4.78, 5) is 0. The largest absolute Gasteiger partial charge is 0.384 e. The lowest BCUT2D eigenvalue weighted by Gasteiger charge is -2.06. The van der Waals surface area contributed by atoms with Crippen molar-refractivity contribution in [2.24, 2.45) is 5.73 Å². The maximum atomic E-state index is 8.75. The van der Waals surface area contributed by atoms with Gasteiger partial charge in [-0.2, -0.15) is 0 Å². The summed E-state index contributed by atoms with van der Waals surface area (Å²) in [7, 11) is 0. The molecule has 0 saturated heterocycles. The van der Waals surface area contributed by atoms with E-state index in [1.807, 2.05) is 18.2 Å². The van der Waals surface area contributed by atoms with E-state index in [2.05, 4.69) is 42.2 Å². The average Bonchev–Trinajstić information content (AvgIpc) is 2.51. The van der Waals surface area contributed by atoms with Crippen LogP contribution in [0.1, 0.15) is 17.5 Å². The van der Waals surface area contributed by atoms with Gasteiger partial charge in [-0.15, -0.1) is 0 Å². The Balaban J connectivity index is 2.26. The van der Waals surface area contributed by atoms with Crippen LogP contribution in [0.2, 0.25) is 0 Å². The van der Waals surface area contributed by atoms with Gasteiger partial charge < -0.3 is 10.8 Å². The van der Waals surface area contributed by atoms with E-state index in [1.54, 1.807) is 0 Å². The zero-order valence-electron chi connectivity index (χ0n) is 11.5. The fourth-order valence-corrected chi connectivity index (χ4v) is 2.13. The Morgan fingerprint density at radius 1 is 1.00 bits per heavy atom. The molecular weight excluding hydrogens is 246 g/mol. The highest BCUT2D eigenvalue weighted by Gasteiger charge is 2.00. The number of aliphatic hydroxyl groups is 1. The predicted octanol–water partition coefficient (Wildman–Crippen LogP) is 2.59. The normalized spacial score (nSPS) is 9.90. The van der Waals surface area contributed by atoms with Gasteiger partial charge in [0, 0.05) is 5.56 Å². The van der Waals surface area contributed by atoms with E-state index in [0.717, 1.165) is 30.5 Å². The van der Waals surface area contributed by atoms with Gasteiger partial charge in [0.15, 0.2) is 0 Å². The third-order valence-electron chi connectivity index (χ3n) is 3.10. The lowest BCUT2D eigenvalue weighted by atomic mass is 9.99. The van der Waals surface area contributed by atoms with Crippen LogP contribution in [-0.4, -0.2) is 18.3 Å². The first-order valence-corrected chi connectivity index (χ1v) is 6.82. The van der Waals surface area contributed by atoms with Crippen LogP contribution in [0.15, 0.2) is 48.5 Å². The number of nitrogens with two attached hydrogens (primary N) is 1. The van der Waals surface area contributed by atoms with Crippen molar-refractivity contribution in [2.75, 3.05) is 13.2 Å². The molecule has 0 aliphatic carbocycles. The Bertz CT molecular complexity index is 623. The lowest BCUT2D eigenvalue weighted by Crippen LogP contribution is -2.00. The highest BCUT2D eigenvalue weighted by atomic mass is 16.2. The fraction of sp³-hybridized carbons (Fsp3) is 0.222. The number of benzene rings is 2. The summed E-state index contributed by atoms with van der Waals surface area (Å²) in [5, 5.41) is 8.75. The highest BCUT2D eigenvalue weighted by Crippen LogP contribution is 2.22. The molecule has 0 spiro atoms. The Labute approximate surface area is 120 Å². The summed E-state index contributed by atoms with van der Waals surface area (Å²) in [6.07, 6.45) is 2.01. The molecule has 0 heterocycles. The first-order chi connectivity index (χ1) is 9.83. The number of aliphatic hydroxyl groups excluding tert-OH is 1. The predicted molar refractivity (Wildman–Crippen MR) is 83.2 cm³/mol. The minimum Gasteiger partial charge on any atom is -0.384 e. The molecule has 0 unspecified atom stereocenters. The van der Waals surface area contributed by atoms with Crippen molar-refractivity contribution in [2.45, 2.75) is 12.8 Å². The second kappa shape index (κ2) is 7.49. The molecule has 0 radical (unpaired) electrons. The SMILES string of the molecule is NCCCc1cccc(-c2cccc(C#CCO)c2)c1. The number of rotatable bonds is 4.